The summed E-state index contributed by atoms with van der Waals surface area (Å²) >= 11 is 5.82. The van der Waals surface area contributed by atoms with Crippen LogP contribution in [0.3, 0.4) is 0 Å². The molecule has 1 amide bonds. The number of carbonyl (C=O) groups is 1. The van der Waals surface area contributed by atoms with E-state index in [-0.39, 0.29) is 11.3 Å². The monoisotopic (exact) mass is 267 g/mol. The Hall–Kier alpha value is -1.56. The van der Waals surface area contributed by atoms with Gasteiger partial charge in [-0.05, 0) is 0 Å². The van der Waals surface area contributed by atoms with Gasteiger partial charge in [-0.25, -0.2) is 0 Å². The fourth-order valence-electron chi connectivity index (χ4n) is 2.74. The van der Waals surface area contributed by atoms with Crippen LogP contribution in [0.5, 0.6) is 0 Å². The van der Waals surface area contributed by atoms with E-state index in [9.17, 15) is 4.79 Å². The zero-order valence-electron chi connectivity index (χ0n) is 10.1. The van der Waals surface area contributed by atoms with Gasteiger partial charge in [0.1, 0.15) is 0 Å². The van der Waals surface area contributed by atoms with Crippen LogP contribution >= 0.6 is 11.6 Å². The van der Waals surface area contributed by atoms with Crippen molar-refractivity contribution in [2.45, 2.75) is 6.92 Å². The van der Waals surface area contributed by atoms with Crippen LogP contribution in [-0.2, 0) is 4.79 Å². The first-order valence-electron chi connectivity index (χ1n) is 5.78. The second kappa shape index (κ2) is 3.71. The lowest BCUT2D eigenvalue weighted by Gasteiger charge is -2.60. The number of hydrogen-bond acceptors (Lipinski definition) is 5. The molecule has 7 heteroatoms. The summed E-state index contributed by atoms with van der Waals surface area (Å²) in [5.41, 5.74) is 6.86. The van der Waals surface area contributed by atoms with Gasteiger partial charge in [0.25, 0.3) is 0 Å². The Morgan fingerprint density at radius 1 is 1.39 bits per heavy atom. The quantitative estimate of drug-likeness (QED) is 0.796. The van der Waals surface area contributed by atoms with Crippen molar-refractivity contribution >= 4 is 29.0 Å². The van der Waals surface area contributed by atoms with Gasteiger partial charge < -0.3 is 15.5 Å². The van der Waals surface area contributed by atoms with E-state index in [2.05, 4.69) is 15.1 Å². The average Bonchev–Trinajstić information content (AvgIpc) is 2.18. The van der Waals surface area contributed by atoms with Crippen molar-refractivity contribution in [3.05, 3.63) is 11.2 Å². The van der Waals surface area contributed by atoms with E-state index >= 15 is 0 Å². The van der Waals surface area contributed by atoms with E-state index in [0.717, 1.165) is 31.9 Å². The average molecular weight is 268 g/mol. The minimum Gasteiger partial charge on any atom is -0.380 e. The summed E-state index contributed by atoms with van der Waals surface area (Å²) in [4.78, 5) is 15.2. The van der Waals surface area contributed by atoms with Gasteiger partial charge in [0, 0.05) is 44.6 Å². The largest absolute Gasteiger partial charge is 0.380 e. The molecule has 1 aromatic heterocycles. The van der Waals surface area contributed by atoms with E-state index in [4.69, 9.17) is 17.3 Å². The minimum absolute atomic E-state index is 0.146. The lowest BCUT2D eigenvalue weighted by atomic mass is 9.72. The van der Waals surface area contributed by atoms with Gasteiger partial charge in [-0.15, -0.1) is 10.2 Å². The van der Waals surface area contributed by atoms with Crippen molar-refractivity contribution in [3.63, 3.8) is 0 Å². The third-order valence-electron chi connectivity index (χ3n) is 3.66. The molecule has 0 atom stereocenters. The summed E-state index contributed by atoms with van der Waals surface area (Å²) in [6.45, 7) is 5.07. The normalized spacial score (nSPS) is 20.6. The molecule has 96 valence electrons. The lowest BCUT2D eigenvalue weighted by Crippen LogP contribution is -2.73. The fraction of sp³-hybridized carbons (Fsp3) is 0.545. The van der Waals surface area contributed by atoms with E-state index in [1.54, 1.807) is 13.0 Å². The van der Waals surface area contributed by atoms with Gasteiger partial charge in [-0.1, -0.05) is 11.6 Å². The number of nitrogens with two attached hydrogens (primary N) is 1. The number of amides is 1. The van der Waals surface area contributed by atoms with Crippen LogP contribution in [0.2, 0.25) is 5.15 Å². The molecule has 0 bridgehead atoms. The van der Waals surface area contributed by atoms with Crippen LogP contribution in [-0.4, -0.2) is 47.2 Å². The Kier molecular flexibility index (Phi) is 2.38. The number of likely N-dealkylation sites (tertiary alicyclic amines) is 1. The zero-order valence-corrected chi connectivity index (χ0v) is 10.8. The molecule has 0 unspecified atom stereocenters. The molecule has 2 N–H and O–H groups in total. The van der Waals surface area contributed by atoms with E-state index < -0.39 is 0 Å². The molecular weight excluding hydrogens is 254 g/mol. The number of rotatable bonds is 1. The van der Waals surface area contributed by atoms with Crippen molar-refractivity contribution in [1.82, 2.24) is 15.1 Å². The molecule has 3 rings (SSSR count). The molecule has 18 heavy (non-hydrogen) atoms. The summed E-state index contributed by atoms with van der Waals surface area (Å²) in [7, 11) is 0. The predicted molar refractivity (Wildman–Crippen MR) is 68.4 cm³/mol. The van der Waals surface area contributed by atoms with Gasteiger partial charge in [0.15, 0.2) is 11.0 Å². The van der Waals surface area contributed by atoms with Crippen LogP contribution in [0.25, 0.3) is 0 Å². The molecule has 1 spiro atoms. The molecule has 2 saturated heterocycles. The molecule has 2 aliphatic rings. The third kappa shape index (κ3) is 1.68. The molecule has 0 saturated carbocycles. The van der Waals surface area contributed by atoms with E-state index in [1.165, 1.54) is 0 Å². The van der Waals surface area contributed by atoms with Gasteiger partial charge in [-0.2, -0.15) is 0 Å². The number of aromatic nitrogens is 2. The van der Waals surface area contributed by atoms with Crippen molar-refractivity contribution in [1.29, 1.82) is 0 Å². The highest BCUT2D eigenvalue weighted by atomic mass is 35.5. The predicted octanol–water partition coefficient (Wildman–Crippen LogP) is 0.381. The van der Waals surface area contributed by atoms with Gasteiger partial charge >= 0.3 is 0 Å². The molecule has 2 aliphatic heterocycles. The fourth-order valence-corrected chi connectivity index (χ4v) is 2.88. The minimum atomic E-state index is 0.146. The summed E-state index contributed by atoms with van der Waals surface area (Å²) in [5.74, 6) is 0.546. The first-order chi connectivity index (χ1) is 8.49. The number of carbonyl (C=O) groups excluding carboxylic acids is 1. The van der Waals surface area contributed by atoms with E-state index in [1.807, 2.05) is 4.90 Å². The molecule has 3 heterocycles. The van der Waals surface area contributed by atoms with Crippen molar-refractivity contribution in [3.8, 4) is 0 Å². The Morgan fingerprint density at radius 2 is 2.06 bits per heavy atom. The Bertz CT molecular complexity index is 506. The van der Waals surface area contributed by atoms with Crippen molar-refractivity contribution < 1.29 is 4.79 Å². The number of nitrogen functional groups attached to an aromatic ring is 1. The van der Waals surface area contributed by atoms with Crippen molar-refractivity contribution in [2.24, 2.45) is 5.41 Å². The smallest absolute Gasteiger partial charge is 0.219 e. The maximum Gasteiger partial charge on any atom is 0.219 e. The highest BCUT2D eigenvalue weighted by Gasteiger charge is 2.52. The Morgan fingerprint density at radius 3 is 2.67 bits per heavy atom. The highest BCUT2D eigenvalue weighted by Crippen LogP contribution is 2.43. The van der Waals surface area contributed by atoms with Gasteiger partial charge in [-0.3, -0.25) is 4.79 Å². The van der Waals surface area contributed by atoms with Crippen LogP contribution < -0.4 is 10.6 Å². The second-order valence-corrected chi connectivity index (χ2v) is 5.56. The van der Waals surface area contributed by atoms with Crippen molar-refractivity contribution in [2.75, 3.05) is 36.8 Å². The van der Waals surface area contributed by atoms with Crippen LogP contribution in [0, 0.1) is 5.41 Å². The highest BCUT2D eigenvalue weighted by molar-refractivity contribution is 6.29. The summed E-state index contributed by atoms with van der Waals surface area (Å²) in [6, 6.07) is 1.73. The zero-order chi connectivity index (χ0) is 12.9. The van der Waals surface area contributed by atoms with Gasteiger partial charge in [0.05, 0.1) is 5.69 Å². The standard InChI is InChI=1S/C11H14ClN5O/c1-7(18)16-3-11(4-16)5-17(6-11)8-2-9(12)14-15-10(8)13/h2H,3-6H2,1H3,(H2,13,15). The SMILES string of the molecule is CC(=O)N1CC2(C1)CN(c1cc(Cl)nnc1N)C2. The van der Waals surface area contributed by atoms with Gasteiger partial charge in [0.2, 0.25) is 5.91 Å². The van der Waals surface area contributed by atoms with Crippen LogP contribution in [0.4, 0.5) is 11.5 Å². The van der Waals surface area contributed by atoms with E-state index in [0.29, 0.717) is 11.0 Å². The first kappa shape index (κ1) is 11.5. The molecule has 1 aromatic rings. The molecule has 0 radical (unpaired) electrons. The second-order valence-electron chi connectivity index (χ2n) is 5.17. The molecule has 0 aromatic carbocycles. The third-order valence-corrected chi connectivity index (χ3v) is 3.85. The van der Waals surface area contributed by atoms with Crippen LogP contribution in [0.1, 0.15) is 6.92 Å². The summed E-state index contributed by atoms with van der Waals surface area (Å²) in [6.07, 6.45) is 0. The molecule has 2 fully saturated rings. The Balaban J connectivity index is 1.66. The molecule has 0 aliphatic carbocycles. The maximum atomic E-state index is 11.2. The number of halogens is 1. The van der Waals surface area contributed by atoms with Crippen LogP contribution in [0.15, 0.2) is 6.07 Å². The summed E-state index contributed by atoms with van der Waals surface area (Å²) in [5, 5.41) is 7.85. The Labute approximate surface area is 110 Å². The first-order valence-corrected chi connectivity index (χ1v) is 6.16. The number of anilines is 2. The molecule has 6 nitrogen and oxygen atoms in total. The maximum absolute atomic E-state index is 11.2. The molecular formula is C11H14ClN5O. The summed E-state index contributed by atoms with van der Waals surface area (Å²) < 4.78 is 0. The topological polar surface area (TPSA) is 75.4 Å². The lowest BCUT2D eigenvalue weighted by molar-refractivity contribution is -0.142. The number of nitrogens with zero attached hydrogens (tertiary/aromatic N) is 4. The number of hydrogen-bond donors (Lipinski definition) is 1.